The highest BCUT2D eigenvalue weighted by molar-refractivity contribution is 6.31. The normalized spacial score (nSPS) is 16.6. The molecule has 17 heavy (non-hydrogen) atoms. The number of hydrogen-bond donors (Lipinski definition) is 1. The summed E-state index contributed by atoms with van der Waals surface area (Å²) in [7, 11) is 0. The Morgan fingerprint density at radius 1 is 1.47 bits per heavy atom. The van der Waals surface area contributed by atoms with Gasteiger partial charge in [0.2, 0.25) is 0 Å². The zero-order valence-electron chi connectivity index (χ0n) is 9.10. The van der Waals surface area contributed by atoms with Crippen molar-refractivity contribution in [3.05, 3.63) is 34.6 Å². The third kappa shape index (κ3) is 2.72. The average molecular weight is 276 g/mol. The van der Waals surface area contributed by atoms with E-state index in [1.165, 1.54) is 12.1 Å². The summed E-state index contributed by atoms with van der Waals surface area (Å²) in [5.74, 6) is -0.602. The largest absolute Gasteiger partial charge is 0.351 e. The molecule has 1 saturated carbocycles. The third-order valence-corrected chi connectivity index (χ3v) is 3.92. The van der Waals surface area contributed by atoms with Gasteiger partial charge in [-0.05, 0) is 25.0 Å². The molecule has 1 aromatic rings. The second-order valence-electron chi connectivity index (χ2n) is 4.42. The van der Waals surface area contributed by atoms with Gasteiger partial charge in [0.05, 0.1) is 10.6 Å². The number of rotatable bonds is 4. The van der Waals surface area contributed by atoms with Crippen LogP contribution in [0.15, 0.2) is 18.2 Å². The number of carbonyl (C=O) groups is 1. The Balaban J connectivity index is 2.02. The summed E-state index contributed by atoms with van der Waals surface area (Å²) in [5, 5.41) is 2.65. The molecule has 92 valence electrons. The van der Waals surface area contributed by atoms with Crippen LogP contribution in [0.3, 0.4) is 0 Å². The van der Waals surface area contributed by atoms with Crippen LogP contribution in [0.2, 0.25) is 5.02 Å². The SMILES string of the molecule is O=C(NCC1(CCl)CC1)c1cccc(Cl)c1F. The molecule has 1 aromatic carbocycles. The molecular weight excluding hydrogens is 264 g/mol. The number of amides is 1. The molecule has 0 aliphatic heterocycles. The monoisotopic (exact) mass is 275 g/mol. The van der Waals surface area contributed by atoms with Crippen LogP contribution in [0, 0.1) is 11.2 Å². The van der Waals surface area contributed by atoms with Gasteiger partial charge < -0.3 is 5.32 Å². The van der Waals surface area contributed by atoms with Crippen molar-refractivity contribution in [3.8, 4) is 0 Å². The highest BCUT2D eigenvalue weighted by atomic mass is 35.5. The number of carbonyl (C=O) groups excluding carboxylic acids is 1. The number of halogens is 3. The fourth-order valence-electron chi connectivity index (χ4n) is 1.58. The Kier molecular flexibility index (Phi) is 3.59. The Morgan fingerprint density at radius 3 is 2.76 bits per heavy atom. The van der Waals surface area contributed by atoms with Gasteiger partial charge in [0.25, 0.3) is 5.91 Å². The fourth-order valence-corrected chi connectivity index (χ4v) is 2.11. The Bertz CT molecular complexity index is 446. The van der Waals surface area contributed by atoms with Crippen molar-refractivity contribution in [3.63, 3.8) is 0 Å². The minimum absolute atomic E-state index is 0.0201. The van der Waals surface area contributed by atoms with Crippen LogP contribution in [-0.2, 0) is 0 Å². The zero-order valence-corrected chi connectivity index (χ0v) is 10.6. The van der Waals surface area contributed by atoms with Crippen LogP contribution in [0.1, 0.15) is 23.2 Å². The lowest BCUT2D eigenvalue weighted by atomic mass is 10.1. The third-order valence-electron chi connectivity index (χ3n) is 3.06. The second-order valence-corrected chi connectivity index (χ2v) is 5.09. The second kappa shape index (κ2) is 4.83. The molecule has 0 aromatic heterocycles. The lowest BCUT2D eigenvalue weighted by molar-refractivity contribution is 0.0942. The molecule has 0 unspecified atom stereocenters. The van der Waals surface area contributed by atoms with E-state index in [9.17, 15) is 9.18 Å². The van der Waals surface area contributed by atoms with Crippen molar-refractivity contribution < 1.29 is 9.18 Å². The molecule has 0 saturated heterocycles. The van der Waals surface area contributed by atoms with E-state index >= 15 is 0 Å². The number of nitrogens with one attached hydrogen (secondary N) is 1. The van der Waals surface area contributed by atoms with Crippen molar-refractivity contribution >= 4 is 29.1 Å². The summed E-state index contributed by atoms with van der Waals surface area (Å²) in [5.41, 5.74) is -0.00501. The molecule has 0 atom stereocenters. The van der Waals surface area contributed by atoms with Crippen LogP contribution in [0.25, 0.3) is 0 Å². The molecule has 1 amide bonds. The molecule has 1 aliphatic carbocycles. The fraction of sp³-hybridized carbons (Fsp3) is 0.417. The first kappa shape index (κ1) is 12.7. The van der Waals surface area contributed by atoms with Gasteiger partial charge in [-0.25, -0.2) is 4.39 Å². The number of alkyl halides is 1. The summed E-state index contributed by atoms with van der Waals surface area (Å²) in [6.45, 7) is 0.487. The highest BCUT2D eigenvalue weighted by Gasteiger charge is 2.41. The summed E-state index contributed by atoms with van der Waals surface area (Å²) in [6, 6.07) is 4.38. The van der Waals surface area contributed by atoms with Gasteiger partial charge in [-0.2, -0.15) is 0 Å². The van der Waals surface area contributed by atoms with Gasteiger partial charge in [-0.15, -0.1) is 11.6 Å². The molecule has 1 N–H and O–H groups in total. The lowest BCUT2D eigenvalue weighted by Crippen LogP contribution is -2.31. The van der Waals surface area contributed by atoms with Crippen LogP contribution >= 0.6 is 23.2 Å². The van der Waals surface area contributed by atoms with E-state index in [-0.39, 0.29) is 16.0 Å². The minimum atomic E-state index is -0.678. The summed E-state index contributed by atoms with van der Waals surface area (Å²) >= 11 is 11.4. The van der Waals surface area contributed by atoms with Crippen LogP contribution in [0.5, 0.6) is 0 Å². The topological polar surface area (TPSA) is 29.1 Å². The first-order chi connectivity index (χ1) is 8.08. The van der Waals surface area contributed by atoms with E-state index < -0.39 is 11.7 Å². The summed E-state index contributed by atoms with van der Waals surface area (Å²) in [6.07, 6.45) is 2.02. The maximum Gasteiger partial charge on any atom is 0.254 e. The molecule has 0 radical (unpaired) electrons. The van der Waals surface area contributed by atoms with Crippen LogP contribution < -0.4 is 5.32 Å². The molecule has 1 fully saturated rings. The highest BCUT2D eigenvalue weighted by Crippen LogP contribution is 2.45. The smallest absolute Gasteiger partial charge is 0.254 e. The maximum absolute atomic E-state index is 13.6. The number of benzene rings is 1. The van der Waals surface area contributed by atoms with Crippen LogP contribution in [0.4, 0.5) is 4.39 Å². The van der Waals surface area contributed by atoms with E-state index in [1.54, 1.807) is 6.07 Å². The van der Waals surface area contributed by atoms with Crippen molar-refractivity contribution in [2.45, 2.75) is 12.8 Å². The van der Waals surface area contributed by atoms with Gasteiger partial charge in [0.15, 0.2) is 5.82 Å². The van der Waals surface area contributed by atoms with E-state index in [2.05, 4.69) is 5.32 Å². The average Bonchev–Trinajstić information content (AvgIpc) is 3.10. The first-order valence-corrected chi connectivity index (χ1v) is 6.27. The molecule has 2 nitrogen and oxygen atoms in total. The zero-order chi connectivity index (χ0) is 12.5. The van der Waals surface area contributed by atoms with Gasteiger partial charge in [0, 0.05) is 17.8 Å². The molecule has 2 rings (SSSR count). The predicted octanol–water partition coefficient (Wildman–Crippen LogP) is 3.23. The van der Waals surface area contributed by atoms with Gasteiger partial charge in [-0.1, -0.05) is 17.7 Å². The Labute approximate surface area is 109 Å². The maximum atomic E-state index is 13.6. The van der Waals surface area contributed by atoms with Gasteiger partial charge >= 0.3 is 0 Å². The van der Waals surface area contributed by atoms with Crippen molar-refractivity contribution in [2.75, 3.05) is 12.4 Å². The summed E-state index contributed by atoms with van der Waals surface area (Å²) in [4.78, 5) is 11.8. The quantitative estimate of drug-likeness (QED) is 0.840. The summed E-state index contributed by atoms with van der Waals surface area (Å²) < 4.78 is 13.6. The Hall–Kier alpha value is -0.800. The Morgan fingerprint density at radius 2 is 2.18 bits per heavy atom. The van der Waals surface area contributed by atoms with E-state index in [4.69, 9.17) is 23.2 Å². The standard InChI is InChI=1S/C12H12Cl2FNO/c13-6-12(4-5-12)7-16-11(17)8-2-1-3-9(14)10(8)15/h1-3H,4-7H2,(H,16,17). The van der Waals surface area contributed by atoms with Crippen molar-refractivity contribution in [1.82, 2.24) is 5.32 Å². The predicted molar refractivity (Wildman–Crippen MR) is 66.1 cm³/mol. The molecule has 0 heterocycles. The first-order valence-electron chi connectivity index (χ1n) is 5.36. The van der Waals surface area contributed by atoms with E-state index in [0.717, 1.165) is 12.8 Å². The molecule has 0 bridgehead atoms. The van der Waals surface area contributed by atoms with Crippen molar-refractivity contribution in [2.24, 2.45) is 5.41 Å². The van der Waals surface area contributed by atoms with Crippen molar-refractivity contribution in [1.29, 1.82) is 0 Å². The minimum Gasteiger partial charge on any atom is -0.351 e. The lowest BCUT2D eigenvalue weighted by Gasteiger charge is -2.12. The van der Waals surface area contributed by atoms with Crippen LogP contribution in [-0.4, -0.2) is 18.3 Å². The molecule has 5 heteroatoms. The molecule has 0 spiro atoms. The molecular formula is C12H12Cl2FNO. The molecule has 1 aliphatic rings. The van der Waals surface area contributed by atoms with Gasteiger partial charge in [-0.3, -0.25) is 4.79 Å². The van der Waals surface area contributed by atoms with E-state index in [1.807, 2.05) is 0 Å². The van der Waals surface area contributed by atoms with Gasteiger partial charge in [0.1, 0.15) is 0 Å². The van der Waals surface area contributed by atoms with E-state index in [0.29, 0.717) is 12.4 Å². The number of hydrogen-bond acceptors (Lipinski definition) is 1.